The molecule has 6 amide bonds. The van der Waals surface area contributed by atoms with E-state index in [4.69, 9.17) is 23.7 Å². The summed E-state index contributed by atoms with van der Waals surface area (Å²) in [5.41, 5.74) is 1.30. The number of hydrogen-bond donors (Lipinski definition) is 1. The van der Waals surface area contributed by atoms with Gasteiger partial charge in [-0.3, -0.25) is 28.8 Å². The van der Waals surface area contributed by atoms with Crippen molar-refractivity contribution in [2.75, 3.05) is 93.5 Å². The van der Waals surface area contributed by atoms with Crippen LogP contribution in [0.25, 0.3) is 0 Å². The average molecular weight is 1020 g/mol. The standard InChI is InChI=1S/C54H68F2N6O11/c1-37(2)72-26-24-59-34-52(66)62(39(4)41-17-19-45(71-7)20-18-41)35-53(67)61(38(3)36-70-6)31-49(63)57-47(29-40-27-43(55)30-44(56)28-40)54(68)60(33-51(65)58(23-25-69-5)32-50(59)64)22-21-42-13-11-12-16-48(42)73-46-14-9-8-10-15-46/h8-20,27-28,30,37-39,47H,21-26,29,31-36H2,1-7H3,(H,57,63)/t38-,39-,47+/m0/s1. The smallest absolute Gasteiger partial charge is 0.245 e. The Hall–Kier alpha value is -6.96. The van der Waals surface area contributed by atoms with Crippen molar-refractivity contribution < 1.29 is 61.2 Å². The molecule has 5 rings (SSSR count). The van der Waals surface area contributed by atoms with Crippen molar-refractivity contribution in [2.45, 2.75) is 64.8 Å². The maximum absolute atomic E-state index is 15.2. The third-order valence-corrected chi connectivity index (χ3v) is 12.2. The van der Waals surface area contributed by atoms with Crippen LogP contribution in [0.2, 0.25) is 0 Å². The fourth-order valence-electron chi connectivity index (χ4n) is 8.25. The Kier molecular flexibility index (Phi) is 22.1. The number of ether oxygens (including phenoxy) is 5. The van der Waals surface area contributed by atoms with Crippen molar-refractivity contribution >= 4 is 35.4 Å². The van der Waals surface area contributed by atoms with Gasteiger partial charge in [0.25, 0.3) is 0 Å². The monoisotopic (exact) mass is 1010 g/mol. The second-order valence-electron chi connectivity index (χ2n) is 18.0. The van der Waals surface area contributed by atoms with Gasteiger partial charge in [0, 0.05) is 46.3 Å². The summed E-state index contributed by atoms with van der Waals surface area (Å²) in [6.07, 6.45) is -0.528. The molecule has 0 spiro atoms. The molecule has 4 aromatic carbocycles. The Morgan fingerprint density at radius 1 is 0.616 bits per heavy atom. The maximum Gasteiger partial charge on any atom is 0.245 e. The molecule has 1 N–H and O–H groups in total. The van der Waals surface area contributed by atoms with Crippen LogP contribution in [-0.4, -0.2) is 172 Å². The molecule has 0 bridgehead atoms. The van der Waals surface area contributed by atoms with Crippen LogP contribution in [0, 0.1) is 11.6 Å². The van der Waals surface area contributed by atoms with E-state index in [2.05, 4.69) is 5.32 Å². The van der Waals surface area contributed by atoms with Crippen LogP contribution in [-0.2, 0) is 55.8 Å². The van der Waals surface area contributed by atoms with Gasteiger partial charge in [-0.05, 0) is 93.3 Å². The summed E-state index contributed by atoms with van der Waals surface area (Å²) in [7, 11) is 4.36. The summed E-state index contributed by atoms with van der Waals surface area (Å²) in [4.78, 5) is 94.6. The first-order chi connectivity index (χ1) is 35.0. The molecule has 73 heavy (non-hydrogen) atoms. The molecule has 1 saturated heterocycles. The number of carbonyl (C=O) groups excluding carboxylic acids is 6. The third-order valence-electron chi connectivity index (χ3n) is 12.2. The molecule has 0 aromatic heterocycles. The van der Waals surface area contributed by atoms with E-state index in [0.29, 0.717) is 34.4 Å². The zero-order valence-corrected chi connectivity index (χ0v) is 42.7. The van der Waals surface area contributed by atoms with Gasteiger partial charge < -0.3 is 53.5 Å². The molecular formula is C54H68F2N6O11. The summed E-state index contributed by atoms with van der Waals surface area (Å²) in [6.45, 7) is 3.78. The zero-order chi connectivity index (χ0) is 53.0. The summed E-state index contributed by atoms with van der Waals surface area (Å²) < 4.78 is 57.7. The average Bonchev–Trinajstić information content (AvgIpc) is 3.36. The predicted molar refractivity (Wildman–Crippen MR) is 268 cm³/mol. The third kappa shape index (κ3) is 17.4. The summed E-state index contributed by atoms with van der Waals surface area (Å²) in [5, 5.41) is 2.71. The van der Waals surface area contributed by atoms with Gasteiger partial charge in [-0.25, -0.2) is 8.78 Å². The fourth-order valence-corrected chi connectivity index (χ4v) is 8.25. The first-order valence-corrected chi connectivity index (χ1v) is 24.2. The van der Waals surface area contributed by atoms with Crippen LogP contribution in [0.1, 0.15) is 50.4 Å². The molecule has 17 nitrogen and oxygen atoms in total. The second kappa shape index (κ2) is 28.3. The van der Waals surface area contributed by atoms with Crippen LogP contribution in [0.4, 0.5) is 8.78 Å². The molecule has 0 unspecified atom stereocenters. The van der Waals surface area contributed by atoms with Gasteiger partial charge in [0.2, 0.25) is 35.4 Å². The fraction of sp³-hybridized carbons (Fsp3) is 0.444. The molecule has 1 fully saturated rings. The van der Waals surface area contributed by atoms with Crippen LogP contribution in [0.5, 0.6) is 17.2 Å². The summed E-state index contributed by atoms with van der Waals surface area (Å²) in [6, 6.07) is 22.7. The van der Waals surface area contributed by atoms with E-state index in [-0.39, 0.29) is 57.5 Å². The van der Waals surface area contributed by atoms with Gasteiger partial charge in [0.05, 0.1) is 71.3 Å². The van der Waals surface area contributed by atoms with Crippen molar-refractivity contribution in [3.63, 3.8) is 0 Å². The molecule has 1 aliphatic rings. The van der Waals surface area contributed by atoms with E-state index in [9.17, 15) is 32.8 Å². The van der Waals surface area contributed by atoms with Crippen molar-refractivity contribution in [2.24, 2.45) is 0 Å². The number of hydrogen-bond acceptors (Lipinski definition) is 11. The topological polar surface area (TPSA) is 177 Å². The molecular weight excluding hydrogens is 947 g/mol. The quantitative estimate of drug-likeness (QED) is 0.125. The highest BCUT2D eigenvalue weighted by Crippen LogP contribution is 2.27. The van der Waals surface area contributed by atoms with Crippen molar-refractivity contribution in [3.05, 3.63) is 125 Å². The lowest BCUT2D eigenvalue weighted by Gasteiger charge is -2.36. The minimum atomic E-state index is -1.55. The number of rotatable bonds is 20. The van der Waals surface area contributed by atoms with Gasteiger partial charge in [0.15, 0.2) is 0 Å². The number of amides is 6. The minimum Gasteiger partial charge on any atom is -0.497 e. The van der Waals surface area contributed by atoms with E-state index in [0.717, 1.165) is 12.1 Å². The molecule has 1 heterocycles. The molecule has 394 valence electrons. The van der Waals surface area contributed by atoms with E-state index in [1.54, 1.807) is 74.5 Å². The summed E-state index contributed by atoms with van der Waals surface area (Å²) in [5.74, 6) is -4.49. The van der Waals surface area contributed by atoms with E-state index >= 15 is 4.79 Å². The lowest BCUT2D eigenvalue weighted by molar-refractivity contribution is -0.150. The highest BCUT2D eigenvalue weighted by atomic mass is 19.1. The van der Waals surface area contributed by atoms with Crippen LogP contribution >= 0.6 is 0 Å². The highest BCUT2D eigenvalue weighted by molar-refractivity contribution is 5.95. The summed E-state index contributed by atoms with van der Waals surface area (Å²) >= 11 is 0. The molecule has 0 saturated carbocycles. The van der Waals surface area contributed by atoms with Gasteiger partial charge in [-0.1, -0.05) is 48.5 Å². The molecule has 3 atom stereocenters. The van der Waals surface area contributed by atoms with E-state index < -0.39 is 104 Å². The van der Waals surface area contributed by atoms with Gasteiger partial charge in [-0.15, -0.1) is 0 Å². The Bertz CT molecular complexity index is 2440. The Morgan fingerprint density at radius 3 is 1.85 bits per heavy atom. The van der Waals surface area contributed by atoms with Crippen molar-refractivity contribution in [1.29, 1.82) is 0 Å². The van der Waals surface area contributed by atoms with Gasteiger partial charge >= 0.3 is 0 Å². The normalized spacial score (nSPS) is 16.9. The van der Waals surface area contributed by atoms with Crippen LogP contribution in [0.15, 0.2) is 97.1 Å². The molecule has 1 aliphatic heterocycles. The Labute approximate surface area is 426 Å². The maximum atomic E-state index is 15.2. The number of carbonyl (C=O) groups is 6. The van der Waals surface area contributed by atoms with Gasteiger partial charge in [0.1, 0.15) is 41.5 Å². The minimum absolute atomic E-state index is 0.0103. The Morgan fingerprint density at radius 2 is 1.22 bits per heavy atom. The number of halogens is 2. The second-order valence-corrected chi connectivity index (χ2v) is 18.0. The SMILES string of the molecule is COCCN1CC(=O)N(CCOC(C)C)CC(=O)N([C@@H](C)c2ccc(OC)cc2)CC(=O)N([C@@H](C)COC)CC(=O)N[C@H](Cc2cc(F)cc(F)c2)C(=O)N(CCc2ccccc2Oc2ccccc2)CC1=O. The van der Waals surface area contributed by atoms with E-state index in [1.165, 1.54) is 45.8 Å². The van der Waals surface area contributed by atoms with Crippen LogP contribution < -0.4 is 14.8 Å². The van der Waals surface area contributed by atoms with Crippen molar-refractivity contribution in [1.82, 2.24) is 29.8 Å². The largest absolute Gasteiger partial charge is 0.497 e. The lowest BCUT2D eigenvalue weighted by Crippen LogP contribution is -2.57. The van der Waals surface area contributed by atoms with Gasteiger partial charge in [-0.2, -0.15) is 0 Å². The first kappa shape index (κ1) is 56.9. The number of para-hydroxylation sites is 2. The van der Waals surface area contributed by atoms with E-state index in [1.807, 2.05) is 32.0 Å². The predicted octanol–water partition coefficient (Wildman–Crippen LogP) is 5.06. The molecule has 4 aromatic rings. The highest BCUT2D eigenvalue weighted by Gasteiger charge is 2.35. The molecule has 19 heteroatoms. The number of nitrogens with zero attached hydrogens (tertiary/aromatic N) is 5. The lowest BCUT2D eigenvalue weighted by atomic mass is 10.0. The number of nitrogens with one attached hydrogen (secondary N) is 1. The van der Waals surface area contributed by atoms with Crippen molar-refractivity contribution in [3.8, 4) is 17.2 Å². The number of benzene rings is 4. The Balaban J connectivity index is 1.63. The zero-order valence-electron chi connectivity index (χ0n) is 42.7. The van der Waals surface area contributed by atoms with Crippen LogP contribution in [0.3, 0.4) is 0 Å². The molecule has 0 aliphatic carbocycles. The molecule has 0 radical (unpaired) electrons. The number of methoxy groups -OCH3 is 3. The first-order valence-electron chi connectivity index (χ1n) is 24.2.